The highest BCUT2D eigenvalue weighted by Crippen LogP contribution is 2.25. The monoisotopic (exact) mass is 256 g/mol. The van der Waals surface area contributed by atoms with Crippen LogP contribution in [0.2, 0.25) is 0 Å². The lowest BCUT2D eigenvalue weighted by Gasteiger charge is -2.28. The number of aliphatic hydroxyl groups excluding tert-OH is 1. The Bertz CT molecular complexity index is 279. The van der Waals surface area contributed by atoms with Crippen molar-refractivity contribution in [2.75, 3.05) is 6.54 Å². The number of nitrogens with zero attached hydrogens (tertiary/aromatic N) is 1. The highest BCUT2D eigenvalue weighted by atomic mass is 16.3. The van der Waals surface area contributed by atoms with Gasteiger partial charge >= 0.3 is 0 Å². The van der Waals surface area contributed by atoms with Crippen molar-refractivity contribution in [2.24, 2.45) is 17.6 Å². The van der Waals surface area contributed by atoms with Gasteiger partial charge in [0.1, 0.15) is 0 Å². The summed E-state index contributed by atoms with van der Waals surface area (Å²) in [7, 11) is 0. The van der Waals surface area contributed by atoms with E-state index >= 15 is 0 Å². The topological polar surface area (TPSA) is 66.6 Å². The smallest absolute Gasteiger partial charge is 0.239 e. The third-order valence-corrected chi connectivity index (χ3v) is 3.46. The van der Waals surface area contributed by atoms with Gasteiger partial charge in [-0.25, -0.2) is 0 Å². The highest BCUT2D eigenvalue weighted by molar-refractivity contribution is 5.82. The molecule has 1 aliphatic heterocycles. The van der Waals surface area contributed by atoms with Crippen LogP contribution in [0.3, 0.4) is 0 Å². The lowest BCUT2D eigenvalue weighted by atomic mass is 9.99. The summed E-state index contributed by atoms with van der Waals surface area (Å²) >= 11 is 0. The van der Waals surface area contributed by atoms with E-state index in [0.29, 0.717) is 31.2 Å². The molecule has 0 saturated carbocycles. The van der Waals surface area contributed by atoms with Gasteiger partial charge in [-0.3, -0.25) is 4.79 Å². The molecule has 1 fully saturated rings. The van der Waals surface area contributed by atoms with E-state index in [1.807, 2.05) is 0 Å². The molecule has 1 saturated heterocycles. The lowest BCUT2D eigenvalue weighted by molar-refractivity contribution is -0.134. The maximum atomic E-state index is 12.3. The number of nitrogens with two attached hydrogens (primary N) is 1. The van der Waals surface area contributed by atoms with Gasteiger partial charge in [-0.2, -0.15) is 0 Å². The van der Waals surface area contributed by atoms with Crippen molar-refractivity contribution < 1.29 is 9.90 Å². The third kappa shape index (κ3) is 4.25. The van der Waals surface area contributed by atoms with Crippen molar-refractivity contribution in [1.82, 2.24) is 4.90 Å². The molecule has 4 nitrogen and oxygen atoms in total. The molecular formula is C14H28N2O2. The van der Waals surface area contributed by atoms with E-state index in [1.165, 1.54) is 0 Å². The molecular weight excluding hydrogens is 228 g/mol. The maximum absolute atomic E-state index is 12.3. The molecule has 0 aliphatic carbocycles. The predicted octanol–water partition coefficient (Wildman–Crippen LogP) is 1.37. The van der Waals surface area contributed by atoms with Crippen LogP contribution in [0, 0.1) is 11.8 Å². The Morgan fingerprint density at radius 1 is 1.33 bits per heavy atom. The van der Waals surface area contributed by atoms with Crippen LogP contribution in [0.4, 0.5) is 0 Å². The van der Waals surface area contributed by atoms with Crippen LogP contribution in [-0.2, 0) is 4.79 Å². The number of aliphatic hydroxyl groups is 1. The summed E-state index contributed by atoms with van der Waals surface area (Å²) in [6.07, 6.45) is 1.96. The molecule has 3 atom stereocenters. The van der Waals surface area contributed by atoms with Gasteiger partial charge in [0, 0.05) is 12.6 Å². The Labute approximate surface area is 111 Å². The SMILES string of the molecule is CC(C)CC(N)C(=O)N1CC(O)CC1CC(C)C. The van der Waals surface area contributed by atoms with E-state index in [9.17, 15) is 9.90 Å². The van der Waals surface area contributed by atoms with Crippen LogP contribution in [-0.4, -0.2) is 40.6 Å². The van der Waals surface area contributed by atoms with Crippen LogP contribution >= 0.6 is 0 Å². The van der Waals surface area contributed by atoms with Gasteiger partial charge in [0.25, 0.3) is 0 Å². The minimum atomic E-state index is -0.426. The second kappa shape index (κ2) is 6.53. The van der Waals surface area contributed by atoms with E-state index < -0.39 is 6.04 Å². The summed E-state index contributed by atoms with van der Waals surface area (Å²) in [6.45, 7) is 8.86. The number of hydrogen-bond acceptors (Lipinski definition) is 3. The van der Waals surface area contributed by atoms with Gasteiger partial charge in [0.05, 0.1) is 12.1 Å². The molecule has 106 valence electrons. The fourth-order valence-corrected chi connectivity index (χ4v) is 2.75. The van der Waals surface area contributed by atoms with Gasteiger partial charge in [-0.15, -0.1) is 0 Å². The first-order valence-electron chi connectivity index (χ1n) is 7.05. The number of hydrogen-bond donors (Lipinski definition) is 2. The van der Waals surface area contributed by atoms with Crippen LogP contribution in [0.15, 0.2) is 0 Å². The molecule has 1 amide bonds. The zero-order valence-corrected chi connectivity index (χ0v) is 12.1. The number of carbonyl (C=O) groups excluding carboxylic acids is 1. The van der Waals surface area contributed by atoms with Crippen molar-refractivity contribution in [3.8, 4) is 0 Å². The molecule has 0 spiro atoms. The van der Waals surface area contributed by atoms with Gasteiger partial charge in [-0.1, -0.05) is 27.7 Å². The first-order chi connectivity index (χ1) is 8.31. The van der Waals surface area contributed by atoms with Crippen molar-refractivity contribution >= 4 is 5.91 Å². The number of likely N-dealkylation sites (tertiary alicyclic amines) is 1. The first-order valence-corrected chi connectivity index (χ1v) is 7.05. The maximum Gasteiger partial charge on any atom is 0.239 e. The molecule has 1 heterocycles. The van der Waals surface area contributed by atoms with E-state index in [0.717, 1.165) is 6.42 Å². The van der Waals surface area contributed by atoms with Crippen LogP contribution in [0.25, 0.3) is 0 Å². The predicted molar refractivity (Wildman–Crippen MR) is 73.0 cm³/mol. The zero-order valence-electron chi connectivity index (χ0n) is 12.1. The summed E-state index contributed by atoms with van der Waals surface area (Å²) in [5, 5.41) is 9.76. The summed E-state index contributed by atoms with van der Waals surface area (Å²) < 4.78 is 0. The largest absolute Gasteiger partial charge is 0.391 e. The Kier molecular flexibility index (Phi) is 5.60. The minimum Gasteiger partial charge on any atom is -0.391 e. The standard InChI is InChI=1S/C14H28N2O2/c1-9(2)5-11-7-12(17)8-16(11)14(18)13(15)6-10(3)4/h9-13,17H,5-8,15H2,1-4H3. The normalized spacial score (nSPS) is 26.1. The van der Waals surface area contributed by atoms with Gasteiger partial charge < -0.3 is 15.7 Å². The Balaban J connectivity index is 2.64. The quantitative estimate of drug-likeness (QED) is 0.780. The second-order valence-electron chi connectivity index (χ2n) is 6.40. The van der Waals surface area contributed by atoms with E-state index in [4.69, 9.17) is 5.73 Å². The fraction of sp³-hybridized carbons (Fsp3) is 0.929. The molecule has 18 heavy (non-hydrogen) atoms. The number of β-amino-alcohol motifs (C(OH)–C–C–N with tert-alkyl or cyclic N) is 1. The van der Waals surface area contributed by atoms with E-state index in [2.05, 4.69) is 27.7 Å². The van der Waals surface area contributed by atoms with Gasteiger partial charge in [-0.05, 0) is 31.1 Å². The molecule has 0 aromatic heterocycles. The van der Waals surface area contributed by atoms with Crippen molar-refractivity contribution in [1.29, 1.82) is 0 Å². The molecule has 4 heteroatoms. The fourth-order valence-electron chi connectivity index (χ4n) is 2.75. The minimum absolute atomic E-state index is 0.00546. The average molecular weight is 256 g/mol. The van der Waals surface area contributed by atoms with Crippen molar-refractivity contribution in [3.05, 3.63) is 0 Å². The molecule has 0 aromatic carbocycles. The molecule has 0 radical (unpaired) electrons. The summed E-state index contributed by atoms with van der Waals surface area (Å²) in [5.41, 5.74) is 5.96. The molecule has 1 aliphatic rings. The Morgan fingerprint density at radius 2 is 1.94 bits per heavy atom. The summed E-state index contributed by atoms with van der Waals surface area (Å²) in [6, 6.07) is -0.268. The highest BCUT2D eigenvalue weighted by Gasteiger charge is 2.36. The molecule has 3 unspecified atom stereocenters. The molecule has 0 bridgehead atoms. The molecule has 0 aromatic rings. The summed E-state index contributed by atoms with van der Waals surface area (Å²) in [4.78, 5) is 14.1. The van der Waals surface area contributed by atoms with Crippen molar-refractivity contribution in [3.63, 3.8) is 0 Å². The Morgan fingerprint density at radius 3 is 2.44 bits per heavy atom. The number of rotatable bonds is 5. The van der Waals surface area contributed by atoms with Crippen molar-refractivity contribution in [2.45, 2.75) is 65.1 Å². The first kappa shape index (κ1) is 15.4. The van der Waals surface area contributed by atoms with Gasteiger partial charge in [0.15, 0.2) is 0 Å². The zero-order chi connectivity index (χ0) is 13.9. The van der Waals surface area contributed by atoms with E-state index in [1.54, 1.807) is 4.90 Å². The van der Waals surface area contributed by atoms with E-state index in [-0.39, 0.29) is 18.1 Å². The van der Waals surface area contributed by atoms with Gasteiger partial charge in [0.2, 0.25) is 5.91 Å². The number of carbonyl (C=O) groups is 1. The van der Waals surface area contributed by atoms with Crippen LogP contribution in [0.5, 0.6) is 0 Å². The lowest BCUT2D eigenvalue weighted by Crippen LogP contribution is -2.47. The van der Waals surface area contributed by atoms with Crippen LogP contribution in [0.1, 0.15) is 47.0 Å². The average Bonchev–Trinajstić information content (AvgIpc) is 2.56. The molecule has 3 N–H and O–H groups in total. The van der Waals surface area contributed by atoms with Crippen LogP contribution < -0.4 is 5.73 Å². The second-order valence-corrected chi connectivity index (χ2v) is 6.40. The summed E-state index contributed by atoms with van der Waals surface area (Å²) in [5.74, 6) is 0.947. The molecule has 1 rings (SSSR count). The number of amides is 1. The Hall–Kier alpha value is -0.610. The third-order valence-electron chi connectivity index (χ3n) is 3.46.